The Hall–Kier alpha value is -3.74. The number of carboxylic acid groups (broad SMARTS) is 1. The van der Waals surface area contributed by atoms with Crippen LogP contribution >= 0.6 is 0 Å². The van der Waals surface area contributed by atoms with Gasteiger partial charge in [0.15, 0.2) is 0 Å². The number of benzene rings is 1. The molecule has 0 saturated carbocycles. The molecule has 1 fully saturated rings. The highest BCUT2D eigenvalue weighted by Crippen LogP contribution is 2.32. The molecule has 4 heterocycles. The highest BCUT2D eigenvalue weighted by Gasteiger charge is 2.28. The number of hydrogen-bond donors (Lipinski definition) is 2. The first kappa shape index (κ1) is 18.3. The van der Waals surface area contributed by atoms with Crippen LogP contribution in [-0.4, -0.2) is 44.1 Å². The molecule has 0 bridgehead atoms. The number of aryl methyl sites for hydroxylation is 1. The topological polar surface area (TPSA) is 95.0 Å². The average Bonchev–Trinajstić information content (AvgIpc) is 3.43. The number of fused-ring (bicyclic) bond motifs is 1. The van der Waals surface area contributed by atoms with E-state index in [1.54, 1.807) is 6.33 Å². The van der Waals surface area contributed by atoms with Crippen LogP contribution in [0.3, 0.4) is 0 Å². The second kappa shape index (κ2) is 7.26. The van der Waals surface area contributed by atoms with Crippen molar-refractivity contribution in [2.45, 2.75) is 13.3 Å². The third-order valence-corrected chi connectivity index (χ3v) is 5.63. The standard InChI is InChI=1S/C23H21N5O2/c1-14-3-2-4-20(27-14)22-21(25-13-26-22)15-5-6-19-17(9-15)10-18(11-24-19)28-8-7-16(12-28)23(29)30/h2-6,9-11,13,16H,7-8,12H2,1H3,(H,25,26)(H,29,30). The summed E-state index contributed by atoms with van der Waals surface area (Å²) in [7, 11) is 0. The number of carboxylic acids is 1. The van der Waals surface area contributed by atoms with Gasteiger partial charge >= 0.3 is 5.97 Å². The van der Waals surface area contributed by atoms with Crippen LogP contribution in [0.4, 0.5) is 5.69 Å². The first-order valence-electron chi connectivity index (χ1n) is 9.94. The molecule has 1 unspecified atom stereocenters. The number of hydrogen-bond acceptors (Lipinski definition) is 5. The molecular formula is C23H21N5O2. The van der Waals surface area contributed by atoms with Crippen LogP contribution in [0.5, 0.6) is 0 Å². The molecule has 0 amide bonds. The minimum absolute atomic E-state index is 0.319. The molecule has 150 valence electrons. The van der Waals surface area contributed by atoms with Crippen molar-refractivity contribution in [2.75, 3.05) is 18.0 Å². The molecule has 1 saturated heterocycles. The number of rotatable bonds is 4. The fraction of sp³-hybridized carbons (Fsp3) is 0.217. The number of aromatic amines is 1. The van der Waals surface area contributed by atoms with E-state index < -0.39 is 5.97 Å². The number of aliphatic carboxylic acids is 1. The lowest BCUT2D eigenvalue weighted by atomic mass is 10.0. The van der Waals surface area contributed by atoms with Gasteiger partial charge in [0.25, 0.3) is 0 Å². The van der Waals surface area contributed by atoms with Gasteiger partial charge in [-0.25, -0.2) is 4.98 Å². The lowest BCUT2D eigenvalue weighted by Gasteiger charge is -2.18. The zero-order valence-corrected chi connectivity index (χ0v) is 16.5. The number of aromatic nitrogens is 4. The van der Waals surface area contributed by atoms with Crippen LogP contribution in [0.15, 0.2) is 55.0 Å². The van der Waals surface area contributed by atoms with Crippen LogP contribution in [0.1, 0.15) is 12.1 Å². The molecule has 0 aliphatic carbocycles. The van der Waals surface area contributed by atoms with E-state index in [0.717, 1.165) is 51.5 Å². The van der Waals surface area contributed by atoms with E-state index in [4.69, 9.17) is 0 Å². The summed E-state index contributed by atoms with van der Waals surface area (Å²) in [4.78, 5) is 30.3. The van der Waals surface area contributed by atoms with Gasteiger partial charge in [-0.1, -0.05) is 12.1 Å². The summed E-state index contributed by atoms with van der Waals surface area (Å²) in [5.41, 5.74) is 6.34. The summed E-state index contributed by atoms with van der Waals surface area (Å²) >= 11 is 0. The Bertz CT molecular complexity index is 1250. The predicted molar refractivity (Wildman–Crippen MR) is 115 cm³/mol. The number of H-pyrrole nitrogens is 1. The number of nitrogens with one attached hydrogen (secondary N) is 1. The molecule has 1 aliphatic heterocycles. The summed E-state index contributed by atoms with van der Waals surface area (Å²) in [6.45, 7) is 3.22. The highest BCUT2D eigenvalue weighted by molar-refractivity contribution is 5.88. The lowest BCUT2D eigenvalue weighted by Crippen LogP contribution is -2.22. The third-order valence-electron chi connectivity index (χ3n) is 5.63. The molecule has 4 aromatic rings. The Labute approximate surface area is 173 Å². The Kier molecular flexibility index (Phi) is 4.43. The summed E-state index contributed by atoms with van der Waals surface area (Å²) < 4.78 is 0. The minimum Gasteiger partial charge on any atom is -0.481 e. The Balaban J connectivity index is 1.52. The van der Waals surface area contributed by atoms with Gasteiger partial charge in [0.2, 0.25) is 0 Å². The van der Waals surface area contributed by atoms with Gasteiger partial charge in [-0.05, 0) is 43.7 Å². The highest BCUT2D eigenvalue weighted by atomic mass is 16.4. The third kappa shape index (κ3) is 3.28. The van der Waals surface area contributed by atoms with Crippen LogP contribution in [0, 0.1) is 12.8 Å². The van der Waals surface area contributed by atoms with Crippen molar-refractivity contribution < 1.29 is 9.90 Å². The van der Waals surface area contributed by atoms with Gasteiger partial charge in [-0.2, -0.15) is 0 Å². The number of pyridine rings is 2. The summed E-state index contributed by atoms with van der Waals surface area (Å²) in [5.74, 6) is -1.05. The van der Waals surface area contributed by atoms with Crippen molar-refractivity contribution in [2.24, 2.45) is 5.92 Å². The van der Waals surface area contributed by atoms with Crippen LogP contribution in [0.25, 0.3) is 33.5 Å². The largest absolute Gasteiger partial charge is 0.481 e. The fourth-order valence-corrected chi connectivity index (χ4v) is 4.03. The normalized spacial score (nSPS) is 16.3. The molecule has 0 spiro atoms. The van der Waals surface area contributed by atoms with Crippen molar-refractivity contribution in [3.8, 4) is 22.6 Å². The van der Waals surface area contributed by atoms with Crippen LogP contribution < -0.4 is 4.90 Å². The summed E-state index contributed by atoms with van der Waals surface area (Å²) in [6, 6.07) is 14.1. The summed E-state index contributed by atoms with van der Waals surface area (Å²) in [6.07, 6.45) is 4.17. The fourth-order valence-electron chi connectivity index (χ4n) is 4.03. The second-order valence-electron chi connectivity index (χ2n) is 7.66. The van der Waals surface area contributed by atoms with Gasteiger partial charge in [0.1, 0.15) is 0 Å². The minimum atomic E-state index is -0.732. The molecule has 1 atom stereocenters. The van der Waals surface area contributed by atoms with Crippen LogP contribution in [-0.2, 0) is 4.79 Å². The number of nitrogens with zero attached hydrogens (tertiary/aromatic N) is 4. The van der Waals surface area contributed by atoms with Crippen molar-refractivity contribution in [3.63, 3.8) is 0 Å². The van der Waals surface area contributed by atoms with Gasteiger partial charge in [-0.15, -0.1) is 0 Å². The molecular weight excluding hydrogens is 378 g/mol. The van der Waals surface area contributed by atoms with E-state index in [-0.39, 0.29) is 5.92 Å². The quantitative estimate of drug-likeness (QED) is 0.540. The second-order valence-corrected chi connectivity index (χ2v) is 7.66. The molecule has 3 aromatic heterocycles. The molecule has 1 aliphatic rings. The first-order chi connectivity index (χ1) is 14.6. The van der Waals surface area contributed by atoms with Gasteiger partial charge in [0, 0.05) is 29.7 Å². The molecule has 0 radical (unpaired) electrons. The maximum Gasteiger partial charge on any atom is 0.308 e. The Morgan fingerprint density at radius 3 is 2.90 bits per heavy atom. The van der Waals surface area contributed by atoms with E-state index in [9.17, 15) is 9.90 Å². The van der Waals surface area contributed by atoms with Gasteiger partial charge in [0.05, 0.1) is 46.7 Å². The first-order valence-corrected chi connectivity index (χ1v) is 9.94. The van der Waals surface area contributed by atoms with Crippen molar-refractivity contribution in [1.29, 1.82) is 0 Å². The monoisotopic (exact) mass is 399 g/mol. The van der Waals surface area contributed by atoms with E-state index in [2.05, 4.69) is 37.0 Å². The smallest absolute Gasteiger partial charge is 0.308 e. The van der Waals surface area contributed by atoms with Crippen LogP contribution in [0.2, 0.25) is 0 Å². The molecule has 5 rings (SSSR count). The van der Waals surface area contributed by atoms with Crippen molar-refractivity contribution >= 4 is 22.6 Å². The zero-order valence-electron chi connectivity index (χ0n) is 16.5. The predicted octanol–water partition coefficient (Wildman–Crippen LogP) is 3.91. The SMILES string of the molecule is Cc1cccc(-c2[nH]cnc2-c2ccc3ncc(N4CCC(C(=O)O)C4)cc3c2)n1. The van der Waals surface area contributed by atoms with E-state index in [1.807, 2.05) is 43.5 Å². The van der Waals surface area contributed by atoms with Gasteiger partial charge in [-0.3, -0.25) is 14.8 Å². The molecule has 30 heavy (non-hydrogen) atoms. The molecule has 7 nitrogen and oxygen atoms in total. The van der Waals surface area contributed by atoms with E-state index in [0.29, 0.717) is 13.0 Å². The zero-order chi connectivity index (χ0) is 20.7. The lowest BCUT2D eigenvalue weighted by molar-refractivity contribution is -0.140. The summed E-state index contributed by atoms with van der Waals surface area (Å²) in [5, 5.41) is 10.3. The van der Waals surface area contributed by atoms with Crippen molar-refractivity contribution in [1.82, 2.24) is 19.9 Å². The molecule has 7 heteroatoms. The number of anilines is 1. The van der Waals surface area contributed by atoms with Gasteiger partial charge < -0.3 is 15.0 Å². The number of imidazole rings is 1. The molecule has 2 N–H and O–H groups in total. The maximum absolute atomic E-state index is 11.3. The number of carbonyl (C=O) groups is 1. The average molecular weight is 399 g/mol. The maximum atomic E-state index is 11.3. The van der Waals surface area contributed by atoms with Crippen molar-refractivity contribution in [3.05, 3.63) is 60.7 Å². The Morgan fingerprint density at radius 2 is 2.10 bits per heavy atom. The van der Waals surface area contributed by atoms with E-state index in [1.165, 1.54) is 0 Å². The molecule has 1 aromatic carbocycles. The van der Waals surface area contributed by atoms with E-state index >= 15 is 0 Å². The Morgan fingerprint density at radius 1 is 1.20 bits per heavy atom.